The highest BCUT2D eigenvalue weighted by Gasteiger charge is 2.34. The predicted octanol–water partition coefficient (Wildman–Crippen LogP) is 3.14. The maximum atomic E-state index is 12.9. The van der Waals surface area contributed by atoms with Crippen molar-refractivity contribution >= 4 is 5.91 Å². The Morgan fingerprint density at radius 3 is 2.52 bits per heavy atom. The van der Waals surface area contributed by atoms with E-state index in [2.05, 4.69) is 40.4 Å². The summed E-state index contributed by atoms with van der Waals surface area (Å²) < 4.78 is 0. The van der Waals surface area contributed by atoms with Gasteiger partial charge in [-0.25, -0.2) is 10.9 Å². The largest absolute Gasteiger partial charge is 0.508 e. The monoisotopic (exact) mass is 365 g/mol. The van der Waals surface area contributed by atoms with Crippen LogP contribution in [0.25, 0.3) is 0 Å². The van der Waals surface area contributed by atoms with Crippen LogP contribution in [-0.2, 0) is 4.79 Å². The highest BCUT2D eigenvalue weighted by molar-refractivity contribution is 5.82. The Morgan fingerprint density at radius 2 is 1.70 bits per heavy atom. The van der Waals surface area contributed by atoms with Crippen LogP contribution < -0.4 is 16.2 Å². The Kier molecular flexibility index (Phi) is 5.41. The highest BCUT2D eigenvalue weighted by atomic mass is 16.3. The summed E-state index contributed by atoms with van der Waals surface area (Å²) in [4.78, 5) is 12.9. The van der Waals surface area contributed by atoms with Gasteiger partial charge in [0, 0.05) is 17.5 Å². The summed E-state index contributed by atoms with van der Waals surface area (Å²) in [6, 6.07) is 17.6. The van der Waals surface area contributed by atoms with Gasteiger partial charge in [-0.15, -0.1) is 0 Å². The fourth-order valence-electron chi connectivity index (χ4n) is 4.40. The van der Waals surface area contributed by atoms with Crippen molar-refractivity contribution in [3.05, 3.63) is 65.7 Å². The molecule has 2 unspecified atom stereocenters. The van der Waals surface area contributed by atoms with E-state index in [1.54, 1.807) is 12.1 Å². The van der Waals surface area contributed by atoms with E-state index in [1.807, 2.05) is 18.2 Å². The van der Waals surface area contributed by atoms with Gasteiger partial charge in [-0.2, -0.15) is 0 Å². The minimum absolute atomic E-state index is 0.0354. The van der Waals surface area contributed by atoms with Crippen LogP contribution in [0.2, 0.25) is 0 Å². The molecule has 1 heterocycles. The molecule has 142 valence electrons. The summed E-state index contributed by atoms with van der Waals surface area (Å²) >= 11 is 0. The quantitative estimate of drug-likeness (QED) is 0.672. The van der Waals surface area contributed by atoms with Crippen LogP contribution >= 0.6 is 0 Å². The molecule has 4 N–H and O–H groups in total. The summed E-state index contributed by atoms with van der Waals surface area (Å²) in [5, 5.41) is 13.3. The second-order valence-electron chi connectivity index (χ2n) is 7.61. The van der Waals surface area contributed by atoms with Crippen LogP contribution in [0.15, 0.2) is 54.6 Å². The van der Waals surface area contributed by atoms with Crippen molar-refractivity contribution in [3.8, 4) is 5.75 Å². The first-order valence-electron chi connectivity index (χ1n) is 9.86. The second kappa shape index (κ2) is 8.11. The van der Waals surface area contributed by atoms with Gasteiger partial charge in [0.2, 0.25) is 5.91 Å². The molecular weight excluding hydrogens is 338 g/mol. The number of hydrazine groups is 1. The molecule has 27 heavy (non-hydrogen) atoms. The normalized spacial score (nSPS) is 28.0. The summed E-state index contributed by atoms with van der Waals surface area (Å²) in [5.74, 6) is 0.676. The molecule has 2 aromatic carbocycles. The maximum Gasteiger partial charge on any atom is 0.238 e. The molecule has 0 bridgehead atoms. The summed E-state index contributed by atoms with van der Waals surface area (Å²) in [5.41, 5.74) is 8.39. The van der Waals surface area contributed by atoms with Gasteiger partial charge in [-0.1, -0.05) is 61.4 Å². The van der Waals surface area contributed by atoms with Gasteiger partial charge in [0.05, 0.1) is 6.04 Å². The summed E-state index contributed by atoms with van der Waals surface area (Å²) in [6.45, 7) is 0. The van der Waals surface area contributed by atoms with Crippen molar-refractivity contribution in [1.82, 2.24) is 16.2 Å². The van der Waals surface area contributed by atoms with Crippen LogP contribution in [-0.4, -0.2) is 23.1 Å². The number of amides is 1. The third-order valence-corrected chi connectivity index (χ3v) is 5.85. The minimum Gasteiger partial charge on any atom is -0.508 e. The van der Waals surface area contributed by atoms with Crippen molar-refractivity contribution in [2.45, 2.75) is 56.1 Å². The second-order valence-corrected chi connectivity index (χ2v) is 7.61. The number of hydrogen-bond donors (Lipinski definition) is 4. The fraction of sp³-hybridized carbons (Fsp3) is 0.409. The third kappa shape index (κ3) is 3.99. The lowest BCUT2D eigenvalue weighted by Gasteiger charge is -2.33. The fourth-order valence-corrected chi connectivity index (χ4v) is 4.40. The lowest BCUT2D eigenvalue weighted by molar-refractivity contribution is -0.124. The van der Waals surface area contributed by atoms with Gasteiger partial charge >= 0.3 is 0 Å². The van der Waals surface area contributed by atoms with E-state index in [9.17, 15) is 9.90 Å². The summed E-state index contributed by atoms with van der Waals surface area (Å²) in [6.07, 6.45) is 5.13. The van der Waals surface area contributed by atoms with Crippen LogP contribution in [0.4, 0.5) is 0 Å². The van der Waals surface area contributed by atoms with Gasteiger partial charge in [0.15, 0.2) is 0 Å². The van der Waals surface area contributed by atoms with E-state index in [1.165, 1.54) is 12.0 Å². The molecule has 1 aliphatic carbocycles. The number of para-hydroxylation sites is 1. The predicted molar refractivity (Wildman–Crippen MR) is 105 cm³/mol. The first-order valence-corrected chi connectivity index (χ1v) is 9.86. The van der Waals surface area contributed by atoms with Crippen LogP contribution in [0.5, 0.6) is 5.75 Å². The van der Waals surface area contributed by atoms with E-state index in [0.717, 1.165) is 24.8 Å². The number of hydrogen-bond acceptors (Lipinski definition) is 4. The Labute approximate surface area is 160 Å². The Balaban J connectivity index is 1.40. The SMILES string of the molecule is O=C(N[C@@H]1CCCC[C@H]1c1ccccc1)C1CC(c2ccccc2O)NN1. The molecule has 0 aromatic heterocycles. The van der Waals surface area contributed by atoms with Crippen molar-refractivity contribution in [3.63, 3.8) is 0 Å². The Bertz CT molecular complexity index is 780. The molecule has 5 heteroatoms. The van der Waals surface area contributed by atoms with E-state index in [-0.39, 0.29) is 29.8 Å². The number of nitrogens with one attached hydrogen (secondary N) is 3. The average Bonchev–Trinajstić information content (AvgIpc) is 3.19. The van der Waals surface area contributed by atoms with Gasteiger partial charge in [-0.3, -0.25) is 4.79 Å². The molecule has 2 aliphatic rings. The number of phenols is 1. The highest BCUT2D eigenvalue weighted by Crippen LogP contribution is 2.34. The molecule has 0 spiro atoms. The zero-order valence-corrected chi connectivity index (χ0v) is 15.4. The molecule has 1 aliphatic heterocycles. The van der Waals surface area contributed by atoms with Crippen LogP contribution in [0, 0.1) is 0 Å². The number of phenolic OH excluding ortho intramolecular Hbond substituents is 1. The molecule has 1 saturated carbocycles. The molecule has 2 aromatic rings. The maximum absolute atomic E-state index is 12.9. The Morgan fingerprint density at radius 1 is 0.963 bits per heavy atom. The molecular formula is C22H27N3O2. The zero-order valence-electron chi connectivity index (χ0n) is 15.4. The average molecular weight is 365 g/mol. The molecule has 4 atom stereocenters. The van der Waals surface area contributed by atoms with Gasteiger partial charge in [0.1, 0.15) is 11.8 Å². The molecule has 5 nitrogen and oxygen atoms in total. The van der Waals surface area contributed by atoms with Gasteiger partial charge in [0.25, 0.3) is 0 Å². The standard InChI is InChI=1S/C22H27N3O2/c26-21-13-7-5-11-17(21)19-14-20(25-24-19)22(27)23-18-12-6-4-10-16(18)15-8-2-1-3-9-15/h1-3,5,7-9,11,13,16,18-20,24-26H,4,6,10,12,14H2,(H,23,27)/t16-,18+,19?,20?/m0/s1. The number of aromatic hydroxyl groups is 1. The lowest BCUT2D eigenvalue weighted by atomic mass is 9.80. The number of carbonyl (C=O) groups is 1. The molecule has 1 saturated heterocycles. The van der Waals surface area contributed by atoms with Crippen molar-refractivity contribution < 1.29 is 9.90 Å². The topological polar surface area (TPSA) is 73.4 Å². The van der Waals surface area contributed by atoms with Crippen molar-refractivity contribution in [1.29, 1.82) is 0 Å². The minimum atomic E-state index is -0.298. The molecule has 2 fully saturated rings. The first kappa shape index (κ1) is 18.0. The summed E-state index contributed by atoms with van der Waals surface area (Å²) in [7, 11) is 0. The van der Waals surface area contributed by atoms with Gasteiger partial charge < -0.3 is 10.4 Å². The molecule has 1 amide bonds. The molecule has 4 rings (SSSR count). The number of rotatable bonds is 4. The number of carbonyl (C=O) groups excluding carboxylic acids is 1. The third-order valence-electron chi connectivity index (χ3n) is 5.85. The first-order chi connectivity index (χ1) is 13.2. The van der Waals surface area contributed by atoms with E-state index >= 15 is 0 Å². The van der Waals surface area contributed by atoms with Gasteiger partial charge in [-0.05, 0) is 30.9 Å². The van der Waals surface area contributed by atoms with Crippen molar-refractivity contribution in [2.75, 3.05) is 0 Å². The van der Waals surface area contributed by atoms with E-state index < -0.39 is 0 Å². The van der Waals surface area contributed by atoms with E-state index in [0.29, 0.717) is 12.3 Å². The molecule has 0 radical (unpaired) electrons. The smallest absolute Gasteiger partial charge is 0.238 e. The van der Waals surface area contributed by atoms with Crippen molar-refractivity contribution in [2.24, 2.45) is 0 Å². The lowest BCUT2D eigenvalue weighted by Crippen LogP contribution is -2.49. The van der Waals surface area contributed by atoms with Crippen LogP contribution in [0.1, 0.15) is 55.2 Å². The van der Waals surface area contributed by atoms with E-state index in [4.69, 9.17) is 0 Å². The van der Waals surface area contributed by atoms with Crippen LogP contribution in [0.3, 0.4) is 0 Å². The Hall–Kier alpha value is -2.37. The zero-order chi connectivity index (χ0) is 18.6. The number of benzene rings is 2.